The second-order valence-electron chi connectivity index (χ2n) is 6.42. The molecule has 1 saturated heterocycles. The molecule has 128 valence electrons. The summed E-state index contributed by atoms with van der Waals surface area (Å²) in [6.07, 6.45) is 5.63. The van der Waals surface area contributed by atoms with Gasteiger partial charge in [0.05, 0.1) is 6.54 Å². The van der Waals surface area contributed by atoms with E-state index in [0.717, 1.165) is 43.4 Å². The monoisotopic (exact) mass is 328 g/mol. The summed E-state index contributed by atoms with van der Waals surface area (Å²) in [6, 6.07) is 3.60. The molecular weight excluding hydrogens is 304 g/mol. The van der Waals surface area contributed by atoms with Crippen molar-refractivity contribution in [3.63, 3.8) is 0 Å². The highest BCUT2D eigenvalue weighted by atomic mass is 16.2. The summed E-state index contributed by atoms with van der Waals surface area (Å²) in [5, 5.41) is 7.37. The number of anilines is 1. The second kappa shape index (κ2) is 7.53. The van der Waals surface area contributed by atoms with Crippen LogP contribution in [0.5, 0.6) is 0 Å². The van der Waals surface area contributed by atoms with E-state index >= 15 is 0 Å². The average Bonchev–Trinajstić information content (AvgIpc) is 2.86. The van der Waals surface area contributed by atoms with E-state index in [1.54, 1.807) is 24.5 Å². The molecule has 3 heterocycles. The molecule has 24 heavy (non-hydrogen) atoms. The molecule has 1 amide bonds. The Morgan fingerprint density at radius 2 is 2.12 bits per heavy atom. The first kappa shape index (κ1) is 16.6. The third-order valence-electron chi connectivity index (χ3n) is 4.33. The molecule has 1 aliphatic rings. The molecule has 1 atom stereocenters. The van der Waals surface area contributed by atoms with Crippen molar-refractivity contribution in [1.29, 1.82) is 0 Å². The number of aromatic nitrogens is 4. The second-order valence-corrected chi connectivity index (χ2v) is 6.42. The van der Waals surface area contributed by atoms with E-state index in [1.807, 2.05) is 18.5 Å². The van der Waals surface area contributed by atoms with Crippen molar-refractivity contribution in [1.82, 2.24) is 24.6 Å². The molecule has 1 N–H and O–H groups in total. The topological polar surface area (TPSA) is 75.9 Å². The minimum atomic E-state index is 0.0228. The van der Waals surface area contributed by atoms with E-state index in [-0.39, 0.29) is 5.91 Å². The Labute approximate surface area is 142 Å². The first-order chi connectivity index (χ1) is 11.6. The number of aryl methyl sites for hydroxylation is 2. The minimum Gasteiger partial charge on any atom is -0.325 e. The van der Waals surface area contributed by atoms with Crippen molar-refractivity contribution in [2.24, 2.45) is 5.92 Å². The number of likely N-dealkylation sites (tertiary alicyclic amines) is 1. The summed E-state index contributed by atoms with van der Waals surface area (Å²) < 4.78 is 1.99. The van der Waals surface area contributed by atoms with Gasteiger partial charge in [0.2, 0.25) is 5.91 Å². The van der Waals surface area contributed by atoms with Crippen molar-refractivity contribution >= 4 is 11.6 Å². The van der Waals surface area contributed by atoms with Gasteiger partial charge in [0, 0.05) is 31.2 Å². The number of hydrogen-bond acceptors (Lipinski definition) is 5. The molecule has 2 aromatic rings. The van der Waals surface area contributed by atoms with Crippen molar-refractivity contribution in [2.75, 3.05) is 25.0 Å². The van der Waals surface area contributed by atoms with Crippen LogP contribution in [-0.4, -0.2) is 50.2 Å². The van der Waals surface area contributed by atoms with E-state index in [9.17, 15) is 4.79 Å². The molecular formula is C17H24N6O. The smallest absolute Gasteiger partial charge is 0.238 e. The highest BCUT2D eigenvalue weighted by Crippen LogP contribution is 2.18. The van der Waals surface area contributed by atoms with Crippen LogP contribution in [0, 0.1) is 19.8 Å². The largest absolute Gasteiger partial charge is 0.325 e. The number of carbonyl (C=O) groups is 1. The molecule has 1 fully saturated rings. The number of nitrogens with one attached hydrogen (secondary N) is 1. The summed E-state index contributed by atoms with van der Waals surface area (Å²) in [5.74, 6) is 2.30. The van der Waals surface area contributed by atoms with Crippen molar-refractivity contribution in [3.05, 3.63) is 36.2 Å². The van der Waals surface area contributed by atoms with Gasteiger partial charge < -0.3 is 5.32 Å². The standard InChI is InChI=1S/C17H24N6O/c1-13-19-14(2)23(21-13)11-15-4-3-9-22(10-15)12-17(24)20-16-5-7-18-8-6-16/h5-8,15H,3-4,9-12H2,1-2H3,(H,18,20,24)/t15-/m1/s1. The predicted molar refractivity (Wildman–Crippen MR) is 91.5 cm³/mol. The van der Waals surface area contributed by atoms with Crippen LogP contribution >= 0.6 is 0 Å². The lowest BCUT2D eigenvalue weighted by Gasteiger charge is -2.32. The molecule has 7 heteroatoms. The Morgan fingerprint density at radius 3 is 2.83 bits per heavy atom. The van der Waals surface area contributed by atoms with Crippen LogP contribution < -0.4 is 5.32 Å². The predicted octanol–water partition coefficient (Wildman–Crippen LogP) is 1.64. The maximum atomic E-state index is 12.2. The summed E-state index contributed by atoms with van der Waals surface area (Å²) in [5.41, 5.74) is 0.789. The van der Waals surface area contributed by atoms with Crippen LogP contribution in [0.3, 0.4) is 0 Å². The maximum Gasteiger partial charge on any atom is 0.238 e. The zero-order chi connectivity index (χ0) is 16.9. The van der Waals surface area contributed by atoms with Gasteiger partial charge in [-0.15, -0.1) is 0 Å². The number of rotatable bonds is 5. The van der Waals surface area contributed by atoms with E-state index in [4.69, 9.17) is 0 Å². The molecule has 3 rings (SSSR count). The fourth-order valence-corrected chi connectivity index (χ4v) is 3.26. The first-order valence-corrected chi connectivity index (χ1v) is 8.40. The lowest BCUT2D eigenvalue weighted by molar-refractivity contribution is -0.117. The van der Waals surface area contributed by atoms with Crippen LogP contribution in [0.4, 0.5) is 5.69 Å². The van der Waals surface area contributed by atoms with Gasteiger partial charge in [0.25, 0.3) is 0 Å². The van der Waals surface area contributed by atoms with E-state index < -0.39 is 0 Å². The van der Waals surface area contributed by atoms with Gasteiger partial charge in [0.15, 0.2) is 0 Å². The Bertz CT molecular complexity index is 684. The lowest BCUT2D eigenvalue weighted by Crippen LogP contribution is -2.41. The van der Waals surface area contributed by atoms with Gasteiger partial charge in [-0.05, 0) is 51.3 Å². The summed E-state index contributed by atoms with van der Waals surface area (Å²) in [7, 11) is 0. The lowest BCUT2D eigenvalue weighted by atomic mass is 9.98. The molecule has 0 spiro atoms. The number of hydrogen-bond donors (Lipinski definition) is 1. The first-order valence-electron chi connectivity index (χ1n) is 8.40. The fraction of sp³-hybridized carbons (Fsp3) is 0.529. The summed E-state index contributed by atoms with van der Waals surface area (Å²) in [4.78, 5) is 22.7. The van der Waals surface area contributed by atoms with Gasteiger partial charge >= 0.3 is 0 Å². The van der Waals surface area contributed by atoms with Crippen LogP contribution in [0.1, 0.15) is 24.5 Å². The highest BCUT2D eigenvalue weighted by molar-refractivity contribution is 5.92. The van der Waals surface area contributed by atoms with Gasteiger partial charge in [0.1, 0.15) is 11.6 Å². The number of nitrogens with zero attached hydrogens (tertiary/aromatic N) is 5. The maximum absolute atomic E-state index is 12.2. The molecule has 0 unspecified atom stereocenters. The molecule has 0 saturated carbocycles. The van der Waals surface area contributed by atoms with Gasteiger partial charge in [-0.25, -0.2) is 9.67 Å². The Kier molecular flexibility index (Phi) is 5.20. The number of carbonyl (C=O) groups excluding carboxylic acids is 1. The quantitative estimate of drug-likeness (QED) is 0.903. The molecule has 0 aliphatic carbocycles. The van der Waals surface area contributed by atoms with E-state index in [2.05, 4.69) is 25.3 Å². The zero-order valence-electron chi connectivity index (χ0n) is 14.3. The minimum absolute atomic E-state index is 0.0228. The summed E-state index contributed by atoms with van der Waals surface area (Å²) in [6.45, 7) is 7.09. The van der Waals surface area contributed by atoms with Crippen LogP contribution in [0.2, 0.25) is 0 Å². The third kappa shape index (κ3) is 4.38. The molecule has 1 aliphatic heterocycles. The Morgan fingerprint density at radius 1 is 1.33 bits per heavy atom. The summed E-state index contributed by atoms with van der Waals surface area (Å²) >= 11 is 0. The van der Waals surface area contributed by atoms with Crippen LogP contribution in [0.25, 0.3) is 0 Å². The molecule has 0 aromatic carbocycles. The van der Waals surface area contributed by atoms with Gasteiger partial charge in [-0.1, -0.05) is 0 Å². The SMILES string of the molecule is Cc1nc(C)n(C[C@@H]2CCCN(CC(=O)Nc3ccncc3)C2)n1. The van der Waals surface area contributed by atoms with E-state index in [1.165, 1.54) is 6.42 Å². The number of amides is 1. The van der Waals surface area contributed by atoms with Crippen molar-refractivity contribution < 1.29 is 4.79 Å². The number of piperidine rings is 1. The molecule has 7 nitrogen and oxygen atoms in total. The van der Waals surface area contributed by atoms with E-state index in [0.29, 0.717) is 12.5 Å². The molecule has 2 aromatic heterocycles. The molecule has 0 radical (unpaired) electrons. The third-order valence-corrected chi connectivity index (χ3v) is 4.33. The van der Waals surface area contributed by atoms with Gasteiger partial charge in [-0.2, -0.15) is 5.10 Å². The van der Waals surface area contributed by atoms with Gasteiger partial charge in [-0.3, -0.25) is 14.7 Å². The zero-order valence-corrected chi connectivity index (χ0v) is 14.3. The van der Waals surface area contributed by atoms with Crippen molar-refractivity contribution in [3.8, 4) is 0 Å². The van der Waals surface area contributed by atoms with Crippen LogP contribution in [0.15, 0.2) is 24.5 Å². The molecule has 0 bridgehead atoms. The highest BCUT2D eigenvalue weighted by Gasteiger charge is 2.23. The number of pyridine rings is 1. The normalized spacial score (nSPS) is 18.5. The van der Waals surface area contributed by atoms with Crippen LogP contribution in [-0.2, 0) is 11.3 Å². The Balaban J connectivity index is 1.52. The Hall–Kier alpha value is -2.28. The fourth-order valence-electron chi connectivity index (χ4n) is 3.26. The van der Waals surface area contributed by atoms with Crippen molar-refractivity contribution in [2.45, 2.75) is 33.2 Å². The average molecular weight is 328 g/mol.